The van der Waals surface area contributed by atoms with Crippen LogP contribution in [-0.2, 0) is 4.74 Å². The number of fused-ring (bicyclic) bond motifs is 1. The van der Waals surface area contributed by atoms with E-state index in [4.69, 9.17) is 4.98 Å². The number of phenolic OH excluding ortho intramolecular Hbond substituents is 1. The van der Waals surface area contributed by atoms with Crippen LogP contribution in [0, 0.1) is 0 Å². The fourth-order valence-electron chi connectivity index (χ4n) is 4.25. The summed E-state index contributed by atoms with van der Waals surface area (Å²) in [5.74, 6) is 0.270. The summed E-state index contributed by atoms with van der Waals surface area (Å²) in [5.41, 5.74) is 1.22. The summed E-state index contributed by atoms with van der Waals surface area (Å²) in [5, 5.41) is 17.5. The third-order valence-electron chi connectivity index (χ3n) is 6.07. The molecule has 4 rings (SSSR count). The molecular weight excluding hydrogens is 434 g/mol. The van der Waals surface area contributed by atoms with Crippen LogP contribution in [0.5, 0.6) is 5.75 Å². The van der Waals surface area contributed by atoms with Gasteiger partial charge in [-0.2, -0.15) is 4.98 Å². The quantitative estimate of drug-likeness (QED) is 0.477. The Morgan fingerprint density at radius 3 is 2.41 bits per heavy atom. The molecule has 3 N–H and O–H groups in total. The van der Waals surface area contributed by atoms with Gasteiger partial charge in [-0.15, -0.1) is 0 Å². The van der Waals surface area contributed by atoms with E-state index in [1.165, 1.54) is 25.3 Å². The average Bonchev–Trinajstić information content (AvgIpc) is 2.84. The van der Waals surface area contributed by atoms with Crippen molar-refractivity contribution in [1.29, 1.82) is 0 Å². The van der Waals surface area contributed by atoms with Gasteiger partial charge in [0.25, 0.3) is 5.91 Å². The molecule has 0 spiro atoms. The van der Waals surface area contributed by atoms with Crippen LogP contribution >= 0.6 is 0 Å². The molecule has 1 saturated carbocycles. The number of aromatic hydroxyl groups is 1. The molecule has 0 radical (unpaired) electrons. The maximum atomic E-state index is 12.6. The SMILES string of the molecule is COC(=O)c1ccc(C(=O)N[C@H]2CC[C@@H](Nc3nc(N(C)C)c4ccccc4n3)CC2)cc1O. The molecular formula is C25H29N5O4. The summed E-state index contributed by atoms with van der Waals surface area (Å²) >= 11 is 0. The van der Waals surface area contributed by atoms with Crippen LogP contribution in [0.25, 0.3) is 10.9 Å². The second-order valence-electron chi connectivity index (χ2n) is 8.67. The molecule has 3 aromatic rings. The van der Waals surface area contributed by atoms with Crippen molar-refractivity contribution < 1.29 is 19.4 Å². The third kappa shape index (κ3) is 5.03. The highest BCUT2D eigenvalue weighted by Crippen LogP contribution is 2.27. The van der Waals surface area contributed by atoms with Crippen LogP contribution in [0.1, 0.15) is 46.4 Å². The number of methoxy groups -OCH3 is 1. The first-order valence-corrected chi connectivity index (χ1v) is 11.3. The second kappa shape index (κ2) is 9.94. The zero-order chi connectivity index (χ0) is 24.2. The minimum absolute atomic E-state index is 0.0268. The molecule has 1 amide bonds. The Balaban J connectivity index is 1.35. The number of aromatic nitrogens is 2. The van der Waals surface area contributed by atoms with E-state index in [1.807, 2.05) is 43.3 Å². The van der Waals surface area contributed by atoms with Crippen LogP contribution in [-0.4, -0.2) is 60.2 Å². The van der Waals surface area contributed by atoms with Crippen molar-refractivity contribution in [3.05, 3.63) is 53.6 Å². The first kappa shape index (κ1) is 23.3. The zero-order valence-corrected chi connectivity index (χ0v) is 19.5. The van der Waals surface area contributed by atoms with Crippen LogP contribution in [0.15, 0.2) is 42.5 Å². The minimum atomic E-state index is -0.650. The van der Waals surface area contributed by atoms with Gasteiger partial charge in [0.1, 0.15) is 17.1 Å². The third-order valence-corrected chi connectivity index (χ3v) is 6.07. The Bertz CT molecular complexity index is 1210. The predicted octanol–water partition coefficient (Wildman–Crippen LogP) is 3.34. The van der Waals surface area contributed by atoms with Crippen LogP contribution in [0.2, 0.25) is 0 Å². The summed E-state index contributed by atoms with van der Waals surface area (Å²) in [6.45, 7) is 0. The first-order valence-electron chi connectivity index (χ1n) is 11.3. The second-order valence-corrected chi connectivity index (χ2v) is 8.67. The number of hydrogen-bond donors (Lipinski definition) is 3. The van der Waals surface area contributed by atoms with Crippen molar-refractivity contribution in [2.45, 2.75) is 37.8 Å². The van der Waals surface area contributed by atoms with Gasteiger partial charge >= 0.3 is 5.97 Å². The molecule has 1 aliphatic carbocycles. The molecule has 1 fully saturated rings. The Morgan fingerprint density at radius 1 is 1.03 bits per heavy atom. The molecule has 0 bridgehead atoms. The highest BCUT2D eigenvalue weighted by molar-refractivity contribution is 5.98. The lowest BCUT2D eigenvalue weighted by molar-refractivity contribution is 0.0597. The van der Waals surface area contributed by atoms with E-state index in [2.05, 4.69) is 20.4 Å². The maximum Gasteiger partial charge on any atom is 0.341 e. The number of anilines is 2. The number of esters is 1. The van der Waals surface area contributed by atoms with Gasteiger partial charge in [-0.1, -0.05) is 12.1 Å². The molecule has 1 heterocycles. The molecule has 0 saturated heterocycles. The van der Waals surface area contributed by atoms with E-state index in [9.17, 15) is 14.7 Å². The lowest BCUT2D eigenvalue weighted by atomic mass is 9.91. The number of nitrogens with one attached hydrogen (secondary N) is 2. The van der Waals surface area contributed by atoms with Gasteiger partial charge in [-0.25, -0.2) is 9.78 Å². The number of ether oxygens (including phenoxy) is 1. The molecule has 9 nitrogen and oxygen atoms in total. The van der Waals surface area contributed by atoms with Gasteiger partial charge < -0.3 is 25.4 Å². The van der Waals surface area contributed by atoms with Crippen molar-refractivity contribution in [1.82, 2.24) is 15.3 Å². The van der Waals surface area contributed by atoms with Gasteiger partial charge in [0.2, 0.25) is 5.95 Å². The van der Waals surface area contributed by atoms with Crippen LogP contribution in [0.3, 0.4) is 0 Å². The van der Waals surface area contributed by atoms with Gasteiger partial charge in [-0.3, -0.25) is 4.79 Å². The number of carbonyl (C=O) groups excluding carboxylic acids is 2. The highest BCUT2D eigenvalue weighted by Gasteiger charge is 2.24. The first-order chi connectivity index (χ1) is 16.4. The number of para-hydroxylation sites is 1. The van der Waals surface area contributed by atoms with E-state index < -0.39 is 5.97 Å². The Labute approximate surface area is 198 Å². The van der Waals surface area contributed by atoms with Gasteiger partial charge in [-0.05, 0) is 56.0 Å². The molecule has 34 heavy (non-hydrogen) atoms. The highest BCUT2D eigenvalue weighted by atomic mass is 16.5. The van der Waals surface area contributed by atoms with Crippen LogP contribution in [0.4, 0.5) is 11.8 Å². The average molecular weight is 464 g/mol. The summed E-state index contributed by atoms with van der Waals surface area (Å²) in [6.07, 6.45) is 3.35. The molecule has 1 aliphatic rings. The maximum absolute atomic E-state index is 12.6. The number of amides is 1. The molecule has 9 heteroatoms. The van der Waals surface area contributed by atoms with Crippen molar-refractivity contribution in [3.8, 4) is 5.75 Å². The Hall–Kier alpha value is -3.88. The zero-order valence-electron chi connectivity index (χ0n) is 19.5. The normalized spacial score (nSPS) is 17.7. The van der Waals surface area contributed by atoms with E-state index in [-0.39, 0.29) is 29.3 Å². The molecule has 0 atom stereocenters. The Kier molecular flexibility index (Phi) is 6.81. The van der Waals surface area contributed by atoms with E-state index in [0.29, 0.717) is 11.5 Å². The van der Waals surface area contributed by atoms with E-state index >= 15 is 0 Å². The number of rotatable bonds is 6. The van der Waals surface area contributed by atoms with Crippen molar-refractivity contribution >= 4 is 34.5 Å². The number of carbonyl (C=O) groups is 2. The monoisotopic (exact) mass is 463 g/mol. The summed E-state index contributed by atoms with van der Waals surface area (Å²) in [7, 11) is 5.17. The van der Waals surface area contributed by atoms with Crippen molar-refractivity contribution in [2.75, 3.05) is 31.4 Å². The minimum Gasteiger partial charge on any atom is -0.507 e. The fraction of sp³-hybridized carbons (Fsp3) is 0.360. The fourth-order valence-corrected chi connectivity index (χ4v) is 4.25. The Morgan fingerprint density at radius 2 is 1.74 bits per heavy atom. The summed E-state index contributed by atoms with van der Waals surface area (Å²) < 4.78 is 4.61. The van der Waals surface area contributed by atoms with E-state index in [1.54, 1.807) is 0 Å². The molecule has 0 unspecified atom stereocenters. The summed E-state index contributed by atoms with van der Waals surface area (Å²) in [6, 6.07) is 12.4. The van der Waals surface area contributed by atoms with Gasteiger partial charge in [0.05, 0.1) is 12.6 Å². The predicted molar refractivity (Wildman–Crippen MR) is 130 cm³/mol. The smallest absolute Gasteiger partial charge is 0.341 e. The number of benzene rings is 2. The van der Waals surface area contributed by atoms with Crippen molar-refractivity contribution in [3.63, 3.8) is 0 Å². The number of phenols is 1. The van der Waals surface area contributed by atoms with Gasteiger partial charge in [0, 0.05) is 37.1 Å². The molecule has 0 aliphatic heterocycles. The standard InChI is InChI=1S/C25H29N5O4/c1-30(2)22-18-6-4-5-7-20(18)28-25(29-22)27-17-11-9-16(10-12-17)26-23(32)15-8-13-19(21(31)14-15)24(33)34-3/h4-8,13-14,16-17,31H,9-12H2,1-3H3,(H,26,32)(H,27,28,29)/t16-,17+. The number of nitrogens with zero attached hydrogens (tertiary/aromatic N) is 3. The molecule has 178 valence electrons. The topological polar surface area (TPSA) is 117 Å². The van der Waals surface area contributed by atoms with Crippen molar-refractivity contribution in [2.24, 2.45) is 0 Å². The largest absolute Gasteiger partial charge is 0.507 e. The van der Waals surface area contributed by atoms with Crippen LogP contribution < -0.4 is 15.5 Å². The lowest BCUT2D eigenvalue weighted by Crippen LogP contribution is -2.40. The molecule has 1 aromatic heterocycles. The number of hydrogen-bond acceptors (Lipinski definition) is 8. The summed E-state index contributed by atoms with van der Waals surface area (Å²) in [4.78, 5) is 35.6. The molecule has 2 aromatic carbocycles. The lowest BCUT2D eigenvalue weighted by Gasteiger charge is -2.30. The van der Waals surface area contributed by atoms with Gasteiger partial charge in [0.15, 0.2) is 0 Å². The van der Waals surface area contributed by atoms with E-state index in [0.717, 1.165) is 42.4 Å².